The highest BCUT2D eigenvalue weighted by molar-refractivity contribution is 6.01. The standard InChI is InChI=1S/C14H20N2O5/c1-6-21-13(17)9-7-11(19-4)12(20-5)8-10(9)15-14(18)16(2)3/h7-8H,6H2,1-5H3,(H,15,18). The van der Waals surface area contributed by atoms with E-state index in [9.17, 15) is 9.59 Å². The fourth-order valence-corrected chi connectivity index (χ4v) is 1.59. The molecule has 0 atom stereocenters. The minimum Gasteiger partial charge on any atom is -0.493 e. The van der Waals surface area contributed by atoms with Crippen LogP contribution in [0.25, 0.3) is 0 Å². The fourth-order valence-electron chi connectivity index (χ4n) is 1.59. The Hall–Kier alpha value is -2.44. The first-order chi connectivity index (χ1) is 9.94. The average molecular weight is 296 g/mol. The molecule has 0 heterocycles. The lowest BCUT2D eigenvalue weighted by atomic mass is 10.1. The Bertz CT molecular complexity index is 528. The van der Waals surface area contributed by atoms with E-state index >= 15 is 0 Å². The molecule has 7 nitrogen and oxygen atoms in total. The van der Waals surface area contributed by atoms with Gasteiger partial charge in [-0.2, -0.15) is 0 Å². The van der Waals surface area contributed by atoms with Gasteiger partial charge in [0.1, 0.15) is 0 Å². The number of ether oxygens (including phenoxy) is 3. The van der Waals surface area contributed by atoms with Crippen molar-refractivity contribution >= 4 is 17.7 Å². The molecule has 0 spiro atoms. The lowest BCUT2D eigenvalue weighted by Gasteiger charge is -2.17. The summed E-state index contributed by atoms with van der Waals surface area (Å²) in [5.41, 5.74) is 0.495. The summed E-state index contributed by atoms with van der Waals surface area (Å²) in [7, 11) is 6.13. The zero-order valence-electron chi connectivity index (χ0n) is 12.9. The highest BCUT2D eigenvalue weighted by Gasteiger charge is 2.19. The summed E-state index contributed by atoms with van der Waals surface area (Å²) >= 11 is 0. The Kier molecular flexibility index (Phi) is 5.83. The van der Waals surface area contributed by atoms with Gasteiger partial charge in [-0.05, 0) is 6.92 Å². The van der Waals surface area contributed by atoms with Crippen molar-refractivity contribution in [1.29, 1.82) is 0 Å². The molecule has 2 amide bonds. The second kappa shape index (κ2) is 7.37. The van der Waals surface area contributed by atoms with Gasteiger partial charge in [-0.15, -0.1) is 0 Å². The van der Waals surface area contributed by atoms with Crippen LogP contribution >= 0.6 is 0 Å². The number of esters is 1. The molecule has 0 unspecified atom stereocenters. The molecular weight excluding hydrogens is 276 g/mol. The lowest BCUT2D eigenvalue weighted by molar-refractivity contribution is 0.0527. The number of rotatable bonds is 5. The maximum absolute atomic E-state index is 12.0. The normalized spacial score (nSPS) is 9.76. The van der Waals surface area contributed by atoms with Crippen molar-refractivity contribution in [3.8, 4) is 11.5 Å². The van der Waals surface area contributed by atoms with E-state index in [0.717, 1.165) is 0 Å². The quantitative estimate of drug-likeness (QED) is 0.841. The van der Waals surface area contributed by atoms with Crippen LogP contribution in [0.15, 0.2) is 12.1 Å². The van der Waals surface area contributed by atoms with Crippen LogP contribution in [0.5, 0.6) is 11.5 Å². The van der Waals surface area contributed by atoms with Gasteiger partial charge in [-0.3, -0.25) is 0 Å². The molecule has 1 rings (SSSR count). The van der Waals surface area contributed by atoms with Gasteiger partial charge in [0.15, 0.2) is 11.5 Å². The monoisotopic (exact) mass is 296 g/mol. The summed E-state index contributed by atoms with van der Waals surface area (Å²) in [6.45, 7) is 1.94. The van der Waals surface area contributed by atoms with Crippen molar-refractivity contribution in [1.82, 2.24) is 4.90 Å². The van der Waals surface area contributed by atoms with Crippen molar-refractivity contribution in [2.45, 2.75) is 6.92 Å². The minimum absolute atomic E-state index is 0.199. The van der Waals surface area contributed by atoms with E-state index in [2.05, 4.69) is 5.32 Å². The van der Waals surface area contributed by atoms with Crippen LogP contribution in [-0.4, -0.2) is 51.8 Å². The number of carbonyl (C=O) groups excluding carboxylic acids is 2. The Labute approximate surface area is 123 Å². The van der Waals surface area contributed by atoms with Crippen LogP contribution in [0.2, 0.25) is 0 Å². The zero-order chi connectivity index (χ0) is 16.0. The molecule has 0 saturated heterocycles. The third kappa shape index (κ3) is 4.01. The number of benzene rings is 1. The third-order valence-corrected chi connectivity index (χ3v) is 2.67. The number of carbonyl (C=O) groups is 2. The summed E-state index contributed by atoms with van der Waals surface area (Å²) in [5, 5.41) is 2.63. The summed E-state index contributed by atoms with van der Waals surface area (Å²) in [6.07, 6.45) is 0. The van der Waals surface area contributed by atoms with Crippen molar-refractivity contribution in [3.05, 3.63) is 17.7 Å². The maximum atomic E-state index is 12.0. The highest BCUT2D eigenvalue weighted by Crippen LogP contribution is 2.33. The number of amides is 2. The summed E-state index contributed by atoms with van der Waals surface area (Å²) in [4.78, 5) is 25.1. The molecule has 0 aliphatic carbocycles. The molecule has 1 aromatic carbocycles. The number of anilines is 1. The summed E-state index contributed by atoms with van der Waals surface area (Å²) in [6, 6.07) is 2.63. The Morgan fingerprint density at radius 3 is 2.19 bits per heavy atom. The van der Waals surface area contributed by atoms with E-state index in [1.807, 2.05) is 0 Å². The number of nitrogens with one attached hydrogen (secondary N) is 1. The summed E-state index contributed by atoms with van der Waals surface area (Å²) in [5.74, 6) is 0.232. The van der Waals surface area contributed by atoms with E-state index < -0.39 is 5.97 Å². The van der Waals surface area contributed by atoms with Gasteiger partial charge >= 0.3 is 12.0 Å². The predicted molar refractivity (Wildman–Crippen MR) is 78.2 cm³/mol. The molecule has 0 saturated carbocycles. The Morgan fingerprint density at radius 2 is 1.71 bits per heavy atom. The van der Waals surface area contributed by atoms with Crippen LogP contribution in [0, 0.1) is 0 Å². The second-order valence-corrected chi connectivity index (χ2v) is 4.30. The number of hydrogen-bond acceptors (Lipinski definition) is 5. The lowest BCUT2D eigenvalue weighted by Crippen LogP contribution is -2.28. The maximum Gasteiger partial charge on any atom is 0.340 e. The molecule has 0 aliphatic heterocycles. The smallest absolute Gasteiger partial charge is 0.340 e. The third-order valence-electron chi connectivity index (χ3n) is 2.67. The molecule has 0 fully saturated rings. The van der Waals surface area contributed by atoms with Gasteiger partial charge in [-0.25, -0.2) is 9.59 Å². The number of methoxy groups -OCH3 is 2. The largest absolute Gasteiger partial charge is 0.493 e. The first-order valence-corrected chi connectivity index (χ1v) is 6.36. The molecular formula is C14H20N2O5. The SMILES string of the molecule is CCOC(=O)c1cc(OC)c(OC)cc1NC(=O)N(C)C. The highest BCUT2D eigenvalue weighted by atomic mass is 16.5. The van der Waals surface area contributed by atoms with Crippen molar-refractivity contribution in [2.24, 2.45) is 0 Å². The summed E-state index contributed by atoms with van der Waals surface area (Å²) < 4.78 is 15.3. The van der Waals surface area contributed by atoms with Crippen LogP contribution in [0.3, 0.4) is 0 Å². The van der Waals surface area contributed by atoms with Crippen LogP contribution in [0.4, 0.5) is 10.5 Å². The van der Waals surface area contributed by atoms with Crippen molar-refractivity contribution < 1.29 is 23.8 Å². The van der Waals surface area contributed by atoms with E-state index in [-0.39, 0.29) is 18.2 Å². The molecule has 0 radical (unpaired) electrons. The van der Waals surface area contributed by atoms with Gasteiger partial charge < -0.3 is 24.4 Å². The van der Waals surface area contributed by atoms with Gasteiger partial charge in [0.05, 0.1) is 32.1 Å². The minimum atomic E-state index is -0.549. The number of hydrogen-bond donors (Lipinski definition) is 1. The predicted octanol–water partition coefficient (Wildman–Crippen LogP) is 1.97. The van der Waals surface area contributed by atoms with Crippen molar-refractivity contribution in [2.75, 3.05) is 40.2 Å². The van der Waals surface area contributed by atoms with Gasteiger partial charge in [0, 0.05) is 26.2 Å². The van der Waals surface area contributed by atoms with E-state index in [4.69, 9.17) is 14.2 Å². The van der Waals surface area contributed by atoms with Gasteiger partial charge in [0.25, 0.3) is 0 Å². The molecule has 0 aliphatic rings. The van der Waals surface area contributed by atoms with Crippen LogP contribution in [0.1, 0.15) is 17.3 Å². The Morgan fingerprint density at radius 1 is 1.14 bits per heavy atom. The molecule has 116 valence electrons. The Balaban J connectivity index is 3.29. The van der Waals surface area contributed by atoms with Crippen molar-refractivity contribution in [3.63, 3.8) is 0 Å². The zero-order valence-corrected chi connectivity index (χ0v) is 12.9. The molecule has 21 heavy (non-hydrogen) atoms. The topological polar surface area (TPSA) is 77.1 Å². The molecule has 0 aromatic heterocycles. The van der Waals surface area contributed by atoms with Gasteiger partial charge in [0.2, 0.25) is 0 Å². The van der Waals surface area contributed by atoms with Crippen LogP contribution in [-0.2, 0) is 4.74 Å². The first-order valence-electron chi connectivity index (χ1n) is 6.36. The molecule has 1 N–H and O–H groups in total. The molecule has 0 bridgehead atoms. The first kappa shape index (κ1) is 16.6. The van der Waals surface area contributed by atoms with E-state index in [1.54, 1.807) is 21.0 Å². The van der Waals surface area contributed by atoms with Gasteiger partial charge in [-0.1, -0.05) is 0 Å². The molecule has 7 heteroatoms. The van der Waals surface area contributed by atoms with Crippen LogP contribution < -0.4 is 14.8 Å². The fraction of sp³-hybridized carbons (Fsp3) is 0.429. The average Bonchev–Trinajstić information content (AvgIpc) is 2.46. The van der Waals surface area contributed by atoms with E-state index in [0.29, 0.717) is 17.2 Å². The second-order valence-electron chi connectivity index (χ2n) is 4.30. The number of nitrogens with zero attached hydrogens (tertiary/aromatic N) is 1. The molecule has 1 aromatic rings. The number of urea groups is 1. The van der Waals surface area contributed by atoms with E-state index in [1.165, 1.54) is 31.3 Å².